The topological polar surface area (TPSA) is 127 Å². The van der Waals surface area contributed by atoms with Gasteiger partial charge in [-0.15, -0.1) is 11.6 Å². The van der Waals surface area contributed by atoms with Crippen molar-refractivity contribution >= 4 is 34.5 Å². The van der Waals surface area contributed by atoms with Crippen LogP contribution in [0.2, 0.25) is 0 Å². The molecule has 0 saturated heterocycles. The lowest BCUT2D eigenvalue weighted by Gasteiger charge is -1.98. The van der Waals surface area contributed by atoms with Crippen molar-refractivity contribution in [2.24, 2.45) is 5.84 Å². The third kappa shape index (κ3) is 3.75. The highest BCUT2D eigenvalue weighted by Gasteiger charge is 2.03. The molecule has 96 valence electrons. The Morgan fingerprint density at radius 3 is 2.67 bits per heavy atom. The van der Waals surface area contributed by atoms with Gasteiger partial charge in [-0.25, -0.2) is 15.8 Å². The molecule has 4 N–H and O–H groups in total. The Labute approximate surface area is 107 Å². The number of carbonyl (C=O) groups is 1. The number of aromatic nitrogens is 4. The van der Waals surface area contributed by atoms with E-state index < -0.39 is 0 Å². The van der Waals surface area contributed by atoms with E-state index in [4.69, 9.17) is 17.4 Å². The van der Waals surface area contributed by atoms with Crippen LogP contribution in [0.25, 0.3) is 11.2 Å². The molecule has 0 atom stereocenters. The zero-order chi connectivity index (χ0) is 13.5. The normalized spacial score (nSPS) is 9.50. The van der Waals surface area contributed by atoms with E-state index in [0.717, 1.165) is 0 Å². The number of carbonyl (C=O) groups excluding carboxylic acids is 1. The molecule has 0 spiro atoms. The van der Waals surface area contributed by atoms with Gasteiger partial charge in [0.25, 0.3) is 5.56 Å². The van der Waals surface area contributed by atoms with Crippen LogP contribution in [0, 0.1) is 0 Å². The molecule has 0 aliphatic rings. The van der Waals surface area contributed by atoms with Crippen LogP contribution in [0.1, 0.15) is 6.92 Å². The summed E-state index contributed by atoms with van der Waals surface area (Å²) < 4.78 is 0. The van der Waals surface area contributed by atoms with E-state index in [2.05, 4.69) is 25.4 Å². The van der Waals surface area contributed by atoms with Crippen molar-refractivity contribution in [2.75, 3.05) is 11.3 Å². The number of Topliss-reactive ketones (excluding diaryl/α,β-unsaturated/α-hetero) is 1. The molecule has 0 saturated carbocycles. The molecular formula is C9H11ClN6O2. The van der Waals surface area contributed by atoms with Gasteiger partial charge in [-0.05, 0) is 6.92 Å². The number of nitrogen functional groups attached to an aromatic ring is 1. The maximum Gasteiger partial charge on any atom is 0.280 e. The van der Waals surface area contributed by atoms with E-state index in [1.165, 1.54) is 19.3 Å². The van der Waals surface area contributed by atoms with Gasteiger partial charge >= 0.3 is 0 Å². The van der Waals surface area contributed by atoms with E-state index in [0.29, 0.717) is 0 Å². The molecule has 0 fully saturated rings. The summed E-state index contributed by atoms with van der Waals surface area (Å²) in [5.74, 6) is 5.40. The highest BCUT2D eigenvalue weighted by molar-refractivity contribution is 6.27. The third-order valence-electron chi connectivity index (χ3n) is 1.67. The Hall–Kier alpha value is -2.06. The van der Waals surface area contributed by atoms with Gasteiger partial charge in [0, 0.05) is 12.4 Å². The van der Waals surface area contributed by atoms with E-state index >= 15 is 0 Å². The van der Waals surface area contributed by atoms with Crippen molar-refractivity contribution in [2.45, 2.75) is 6.92 Å². The monoisotopic (exact) mass is 270 g/mol. The maximum absolute atomic E-state index is 11.3. The number of rotatable bonds is 2. The minimum atomic E-state index is -0.369. The molecular weight excluding hydrogens is 260 g/mol. The summed E-state index contributed by atoms with van der Waals surface area (Å²) in [7, 11) is 0. The summed E-state index contributed by atoms with van der Waals surface area (Å²) in [4.78, 5) is 34.9. The average molecular weight is 271 g/mol. The Morgan fingerprint density at radius 1 is 1.50 bits per heavy atom. The van der Waals surface area contributed by atoms with E-state index in [9.17, 15) is 9.59 Å². The van der Waals surface area contributed by atoms with Gasteiger partial charge in [0.05, 0.1) is 5.88 Å². The summed E-state index contributed by atoms with van der Waals surface area (Å²) >= 11 is 4.99. The molecule has 0 amide bonds. The summed E-state index contributed by atoms with van der Waals surface area (Å²) in [6.45, 7) is 1.45. The summed E-state index contributed by atoms with van der Waals surface area (Å²) in [6, 6.07) is 0. The quantitative estimate of drug-likeness (QED) is 0.392. The number of nitrogens with two attached hydrogens (primary N) is 1. The van der Waals surface area contributed by atoms with E-state index in [-0.39, 0.29) is 34.3 Å². The van der Waals surface area contributed by atoms with Gasteiger partial charge in [-0.3, -0.25) is 20.0 Å². The van der Waals surface area contributed by atoms with Gasteiger partial charge in [0.2, 0.25) is 5.95 Å². The minimum Gasteiger partial charge on any atom is -0.299 e. The number of halogens is 1. The molecule has 8 nitrogen and oxygen atoms in total. The number of hydrazine groups is 1. The fourth-order valence-electron chi connectivity index (χ4n) is 0.942. The Balaban J connectivity index is 0.000000280. The lowest BCUT2D eigenvalue weighted by molar-refractivity contribution is -0.114. The van der Waals surface area contributed by atoms with Crippen LogP contribution in [0.3, 0.4) is 0 Å². The first-order chi connectivity index (χ1) is 8.58. The van der Waals surface area contributed by atoms with Gasteiger partial charge in [-0.1, -0.05) is 0 Å². The summed E-state index contributed by atoms with van der Waals surface area (Å²) in [5.41, 5.74) is 2.32. The molecule has 0 radical (unpaired) electrons. The number of nitrogens with zero attached hydrogens (tertiary/aromatic N) is 3. The zero-order valence-corrected chi connectivity index (χ0v) is 10.2. The molecule has 2 aromatic heterocycles. The van der Waals surface area contributed by atoms with Crippen LogP contribution in [0.5, 0.6) is 0 Å². The highest BCUT2D eigenvalue weighted by atomic mass is 35.5. The smallest absolute Gasteiger partial charge is 0.280 e. The van der Waals surface area contributed by atoms with E-state index in [1.54, 1.807) is 0 Å². The van der Waals surface area contributed by atoms with Crippen LogP contribution in [-0.4, -0.2) is 31.6 Å². The predicted octanol–water partition coefficient (Wildman–Crippen LogP) is -0.187. The zero-order valence-electron chi connectivity index (χ0n) is 9.48. The number of aromatic amines is 1. The molecule has 0 aromatic carbocycles. The van der Waals surface area contributed by atoms with Crippen molar-refractivity contribution in [3.05, 3.63) is 22.7 Å². The van der Waals surface area contributed by atoms with Gasteiger partial charge < -0.3 is 0 Å². The van der Waals surface area contributed by atoms with Crippen molar-refractivity contribution in [1.29, 1.82) is 0 Å². The molecule has 18 heavy (non-hydrogen) atoms. The standard InChI is InChI=1S/C6H6N6O.C3H5ClO/c7-12-6-10-4-3(5(13)11-6)8-1-2-9-4;1-3(5)2-4/h1-2H,7H2,(H2,9,10,11,12,13);2H2,1H3. The Morgan fingerprint density at radius 2 is 2.11 bits per heavy atom. The number of hydrogen-bond donors (Lipinski definition) is 3. The fourth-order valence-corrected chi connectivity index (χ4v) is 0.942. The SMILES string of the molecule is CC(=O)CCl.NNc1nc2nccnc2c(=O)[nH]1. The van der Waals surface area contributed by atoms with E-state index in [1.807, 2.05) is 0 Å². The number of nitrogens with one attached hydrogen (secondary N) is 2. The molecule has 9 heteroatoms. The molecule has 2 heterocycles. The number of H-pyrrole nitrogens is 1. The van der Waals surface area contributed by atoms with Gasteiger partial charge in [0.15, 0.2) is 11.2 Å². The van der Waals surface area contributed by atoms with Crippen LogP contribution in [0.15, 0.2) is 17.2 Å². The third-order valence-corrected chi connectivity index (χ3v) is 2.04. The Bertz CT molecular complexity index is 599. The lowest BCUT2D eigenvalue weighted by atomic mass is 10.5. The number of fused-ring (bicyclic) bond motifs is 1. The van der Waals surface area contributed by atoms with Crippen LogP contribution < -0.4 is 16.8 Å². The maximum atomic E-state index is 11.3. The average Bonchev–Trinajstić information content (AvgIpc) is 2.39. The highest BCUT2D eigenvalue weighted by Crippen LogP contribution is 1.99. The molecule has 0 aliphatic carbocycles. The molecule has 0 bridgehead atoms. The van der Waals surface area contributed by atoms with Crippen LogP contribution in [0.4, 0.5) is 5.95 Å². The van der Waals surface area contributed by atoms with Gasteiger partial charge in [0.1, 0.15) is 5.78 Å². The number of alkyl halides is 1. The van der Waals surface area contributed by atoms with Crippen LogP contribution >= 0.6 is 11.6 Å². The summed E-state index contributed by atoms with van der Waals surface area (Å²) in [6.07, 6.45) is 2.88. The second kappa shape index (κ2) is 6.62. The van der Waals surface area contributed by atoms with Gasteiger partial charge in [-0.2, -0.15) is 4.98 Å². The van der Waals surface area contributed by atoms with Crippen molar-refractivity contribution in [3.8, 4) is 0 Å². The number of hydrogen-bond acceptors (Lipinski definition) is 7. The molecule has 0 aliphatic heterocycles. The van der Waals surface area contributed by atoms with Crippen molar-refractivity contribution in [1.82, 2.24) is 19.9 Å². The molecule has 0 unspecified atom stereocenters. The first-order valence-corrected chi connectivity index (χ1v) is 5.35. The number of anilines is 1. The number of ketones is 1. The minimum absolute atomic E-state index is 0.0201. The Kier molecular flexibility index (Phi) is 5.15. The van der Waals surface area contributed by atoms with Crippen molar-refractivity contribution in [3.63, 3.8) is 0 Å². The molecule has 2 rings (SSSR count). The predicted molar refractivity (Wildman–Crippen MR) is 67.2 cm³/mol. The lowest BCUT2D eigenvalue weighted by Crippen LogP contribution is -2.17. The largest absolute Gasteiger partial charge is 0.299 e. The van der Waals surface area contributed by atoms with Crippen LogP contribution in [-0.2, 0) is 4.79 Å². The van der Waals surface area contributed by atoms with Crippen molar-refractivity contribution < 1.29 is 4.79 Å². The second-order valence-corrected chi connectivity index (χ2v) is 3.39. The summed E-state index contributed by atoms with van der Waals surface area (Å²) in [5, 5.41) is 0. The molecule has 2 aromatic rings. The fraction of sp³-hybridized carbons (Fsp3) is 0.222. The second-order valence-electron chi connectivity index (χ2n) is 3.12. The first kappa shape index (κ1) is 14.0. The first-order valence-electron chi connectivity index (χ1n) is 4.81.